The number of carbonyl (C=O) groups is 1. The van der Waals surface area contributed by atoms with E-state index in [-0.39, 0.29) is 17.0 Å². The summed E-state index contributed by atoms with van der Waals surface area (Å²) in [6.45, 7) is 1.91. The van der Waals surface area contributed by atoms with Gasteiger partial charge in [-0.3, -0.25) is 4.79 Å². The summed E-state index contributed by atoms with van der Waals surface area (Å²) in [5.41, 5.74) is 0.684. The summed E-state index contributed by atoms with van der Waals surface area (Å²) in [5, 5.41) is 2.83. The minimum Gasteiger partial charge on any atom is -0.338 e. The lowest BCUT2D eigenvalue weighted by Gasteiger charge is -2.19. The molecule has 0 bridgehead atoms. The highest BCUT2D eigenvalue weighted by molar-refractivity contribution is 7.89. The van der Waals surface area contributed by atoms with Gasteiger partial charge in [0.15, 0.2) is 0 Å². The number of hydrogen-bond donors (Lipinski definition) is 2. The van der Waals surface area contributed by atoms with E-state index in [4.69, 9.17) is 0 Å². The number of amides is 1. The second-order valence-corrected chi connectivity index (χ2v) is 8.15. The van der Waals surface area contributed by atoms with Crippen molar-refractivity contribution in [2.24, 2.45) is 7.05 Å². The summed E-state index contributed by atoms with van der Waals surface area (Å²) in [6.07, 6.45) is 3.30. The van der Waals surface area contributed by atoms with Gasteiger partial charge in [-0.05, 0) is 35.9 Å². The molecule has 9 heteroatoms. The minimum atomic E-state index is -3.70. The lowest BCUT2D eigenvalue weighted by Crippen LogP contribution is -2.31. The second kappa shape index (κ2) is 8.54. The largest absolute Gasteiger partial charge is 0.338 e. The highest BCUT2D eigenvalue weighted by atomic mass is 32.2. The second-order valence-electron chi connectivity index (χ2n) is 6.39. The molecule has 0 aliphatic rings. The number of rotatable bonds is 7. The average molecular weight is 416 g/mol. The topological polar surface area (TPSA) is 93.1 Å². The first-order valence-electron chi connectivity index (χ1n) is 8.95. The predicted octanol–water partition coefficient (Wildman–Crippen LogP) is 2.38. The van der Waals surface area contributed by atoms with E-state index >= 15 is 0 Å². The maximum absolute atomic E-state index is 13.8. The highest BCUT2D eigenvalue weighted by Gasteiger charge is 2.23. The number of imidazole rings is 1. The van der Waals surface area contributed by atoms with E-state index in [9.17, 15) is 17.6 Å². The van der Waals surface area contributed by atoms with Gasteiger partial charge in [0.05, 0.1) is 4.90 Å². The van der Waals surface area contributed by atoms with E-state index in [2.05, 4.69) is 15.0 Å². The average Bonchev–Trinajstić information content (AvgIpc) is 3.11. The van der Waals surface area contributed by atoms with Crippen molar-refractivity contribution in [2.75, 3.05) is 6.54 Å². The van der Waals surface area contributed by atoms with Gasteiger partial charge in [0.2, 0.25) is 10.0 Å². The molecule has 1 amide bonds. The van der Waals surface area contributed by atoms with Crippen LogP contribution in [0.5, 0.6) is 0 Å². The zero-order chi connectivity index (χ0) is 21.0. The van der Waals surface area contributed by atoms with Crippen LogP contribution in [-0.2, 0) is 17.1 Å². The molecule has 1 aromatic heterocycles. The summed E-state index contributed by atoms with van der Waals surface area (Å²) >= 11 is 0. The zero-order valence-corrected chi connectivity index (χ0v) is 16.8. The van der Waals surface area contributed by atoms with Crippen LogP contribution in [0.3, 0.4) is 0 Å². The molecule has 1 atom stereocenters. The number of halogens is 1. The normalized spacial score (nSPS) is 12.5. The van der Waals surface area contributed by atoms with Crippen LogP contribution >= 0.6 is 0 Å². The number of nitrogens with one attached hydrogen (secondary N) is 2. The fourth-order valence-electron chi connectivity index (χ4n) is 2.93. The molecule has 152 valence electrons. The Morgan fingerprint density at radius 2 is 1.97 bits per heavy atom. The molecule has 3 rings (SSSR count). The van der Waals surface area contributed by atoms with Crippen LogP contribution in [0.1, 0.15) is 34.7 Å². The highest BCUT2D eigenvalue weighted by Crippen LogP contribution is 2.22. The summed E-state index contributed by atoms with van der Waals surface area (Å²) in [7, 11) is -1.93. The minimum absolute atomic E-state index is 0.00806. The van der Waals surface area contributed by atoms with Crippen molar-refractivity contribution in [2.45, 2.75) is 17.9 Å². The van der Waals surface area contributed by atoms with Crippen LogP contribution in [0.4, 0.5) is 4.39 Å². The van der Waals surface area contributed by atoms with Gasteiger partial charge in [0.1, 0.15) is 17.7 Å². The Balaban J connectivity index is 1.95. The molecular formula is C20H21FN4O3S. The van der Waals surface area contributed by atoms with Crippen LogP contribution in [-0.4, -0.2) is 30.4 Å². The summed E-state index contributed by atoms with van der Waals surface area (Å²) in [6, 6.07) is 10.9. The Hall–Kier alpha value is -3.04. The quantitative estimate of drug-likeness (QED) is 0.618. The molecule has 0 radical (unpaired) electrons. The molecular weight excluding hydrogens is 395 g/mol. The smallest absolute Gasteiger partial charge is 0.252 e. The van der Waals surface area contributed by atoms with Crippen LogP contribution in [0.15, 0.2) is 65.8 Å². The van der Waals surface area contributed by atoms with Crippen molar-refractivity contribution in [1.29, 1.82) is 0 Å². The van der Waals surface area contributed by atoms with Gasteiger partial charge in [-0.25, -0.2) is 22.5 Å². The first-order valence-corrected chi connectivity index (χ1v) is 10.4. The van der Waals surface area contributed by atoms with Crippen molar-refractivity contribution in [3.63, 3.8) is 0 Å². The van der Waals surface area contributed by atoms with Gasteiger partial charge >= 0.3 is 0 Å². The third-order valence-electron chi connectivity index (χ3n) is 4.31. The van der Waals surface area contributed by atoms with Crippen LogP contribution in [0, 0.1) is 5.82 Å². The zero-order valence-electron chi connectivity index (χ0n) is 16.0. The standard InChI is InChI=1S/C20H21FN4O3S/c1-3-23-29(27,28)17-9-5-7-15(13-17)20(26)24-18(19-22-10-11-25(19)2)14-6-4-8-16(21)12-14/h4-13,18,23H,3H2,1-2H3,(H,24,26)/t18-/m0/s1. The SMILES string of the molecule is CCNS(=O)(=O)c1cccc(C(=O)N[C@@H](c2cccc(F)c2)c2nccn2C)c1. The number of carbonyl (C=O) groups excluding carboxylic acids is 1. The Bertz CT molecular complexity index is 1130. The van der Waals surface area contributed by atoms with Gasteiger partial charge in [0.25, 0.3) is 5.91 Å². The third kappa shape index (κ3) is 4.69. The molecule has 0 spiro atoms. The number of benzene rings is 2. The molecule has 0 fully saturated rings. The number of aromatic nitrogens is 2. The van der Waals surface area contributed by atoms with Gasteiger partial charge < -0.3 is 9.88 Å². The van der Waals surface area contributed by atoms with Crippen LogP contribution in [0.2, 0.25) is 0 Å². The van der Waals surface area contributed by atoms with Crippen molar-refractivity contribution < 1.29 is 17.6 Å². The molecule has 0 unspecified atom stereocenters. The summed E-state index contributed by atoms with van der Waals surface area (Å²) in [5.74, 6) is -0.425. The lowest BCUT2D eigenvalue weighted by atomic mass is 10.0. The lowest BCUT2D eigenvalue weighted by molar-refractivity contribution is 0.0941. The van der Waals surface area contributed by atoms with Gasteiger partial charge in [-0.2, -0.15) is 0 Å². The van der Waals surface area contributed by atoms with Crippen molar-refractivity contribution >= 4 is 15.9 Å². The Morgan fingerprint density at radius 1 is 1.21 bits per heavy atom. The van der Waals surface area contributed by atoms with Crippen LogP contribution in [0.25, 0.3) is 0 Å². The Labute approximate surface area is 168 Å². The molecule has 29 heavy (non-hydrogen) atoms. The first kappa shape index (κ1) is 20.7. The Kier molecular flexibility index (Phi) is 6.09. The van der Waals surface area contributed by atoms with Crippen molar-refractivity contribution in [3.8, 4) is 0 Å². The predicted molar refractivity (Wildman–Crippen MR) is 106 cm³/mol. The number of hydrogen-bond acceptors (Lipinski definition) is 4. The van der Waals surface area contributed by atoms with E-state index in [1.807, 2.05) is 0 Å². The van der Waals surface area contributed by atoms with Crippen molar-refractivity contribution in [1.82, 2.24) is 19.6 Å². The molecule has 0 saturated heterocycles. The van der Waals surface area contributed by atoms with Gasteiger partial charge in [-0.1, -0.05) is 25.1 Å². The summed E-state index contributed by atoms with van der Waals surface area (Å²) < 4.78 is 42.3. The molecule has 3 aromatic rings. The molecule has 2 N–H and O–H groups in total. The molecule has 7 nitrogen and oxygen atoms in total. The number of aryl methyl sites for hydroxylation is 1. The number of sulfonamides is 1. The molecule has 0 saturated carbocycles. The molecule has 2 aromatic carbocycles. The van der Waals surface area contributed by atoms with E-state index < -0.39 is 27.8 Å². The van der Waals surface area contributed by atoms with Crippen LogP contribution < -0.4 is 10.0 Å². The molecule has 0 aliphatic heterocycles. The van der Waals surface area contributed by atoms with Gasteiger partial charge in [0, 0.05) is 31.5 Å². The van der Waals surface area contributed by atoms with E-state index in [1.165, 1.54) is 36.4 Å². The van der Waals surface area contributed by atoms with Gasteiger partial charge in [-0.15, -0.1) is 0 Å². The van der Waals surface area contributed by atoms with E-state index in [0.29, 0.717) is 11.4 Å². The third-order valence-corrected chi connectivity index (χ3v) is 5.86. The first-order chi connectivity index (χ1) is 13.8. The van der Waals surface area contributed by atoms with E-state index in [0.717, 1.165) is 0 Å². The summed E-state index contributed by atoms with van der Waals surface area (Å²) in [4.78, 5) is 17.2. The van der Waals surface area contributed by atoms with E-state index in [1.54, 1.807) is 43.1 Å². The monoisotopic (exact) mass is 416 g/mol. The maximum Gasteiger partial charge on any atom is 0.252 e. The fourth-order valence-corrected chi connectivity index (χ4v) is 4.02. The molecule has 1 heterocycles. The molecule has 0 aliphatic carbocycles. The number of nitrogens with zero attached hydrogens (tertiary/aromatic N) is 2. The van der Waals surface area contributed by atoms with Crippen molar-refractivity contribution in [3.05, 3.63) is 83.7 Å². The fraction of sp³-hybridized carbons (Fsp3) is 0.200. The maximum atomic E-state index is 13.8. The Morgan fingerprint density at radius 3 is 2.62 bits per heavy atom.